The number of rotatable bonds is 6. The highest BCUT2D eigenvalue weighted by molar-refractivity contribution is 7.16. The summed E-state index contributed by atoms with van der Waals surface area (Å²) in [5.74, 6) is 0. The molecule has 1 rings (SSSR count). The van der Waals surface area contributed by atoms with Gasteiger partial charge in [-0.15, -0.1) is 11.3 Å². The molecule has 0 aliphatic carbocycles. The second-order valence-corrected chi connectivity index (χ2v) is 5.31. The molecule has 5 heteroatoms. The number of nitrogens with zero attached hydrogens (tertiary/aromatic N) is 1. The van der Waals surface area contributed by atoms with Gasteiger partial charge in [-0.1, -0.05) is 11.6 Å². The van der Waals surface area contributed by atoms with E-state index in [2.05, 4.69) is 0 Å². The molecule has 0 bridgehead atoms. The fourth-order valence-corrected chi connectivity index (χ4v) is 2.54. The minimum absolute atomic E-state index is 0.371. The number of thiophene rings is 1. The number of aliphatic hydroxyl groups excluding tert-OH is 1. The van der Waals surface area contributed by atoms with Crippen LogP contribution in [0.1, 0.15) is 4.88 Å². The summed E-state index contributed by atoms with van der Waals surface area (Å²) in [7, 11) is 3.55. The van der Waals surface area contributed by atoms with Gasteiger partial charge in [0, 0.05) is 25.1 Å². The van der Waals surface area contributed by atoms with Crippen molar-refractivity contribution in [2.75, 3.05) is 27.3 Å². The third-order valence-electron chi connectivity index (χ3n) is 1.94. The van der Waals surface area contributed by atoms with Gasteiger partial charge in [0.2, 0.25) is 0 Å². The summed E-state index contributed by atoms with van der Waals surface area (Å²) in [6.07, 6.45) is -0.435. The van der Waals surface area contributed by atoms with E-state index in [9.17, 15) is 5.11 Å². The van der Waals surface area contributed by atoms with Crippen molar-refractivity contribution >= 4 is 22.9 Å². The Bertz CT molecular complexity index is 293. The topological polar surface area (TPSA) is 32.7 Å². The van der Waals surface area contributed by atoms with Crippen LogP contribution in [0.25, 0.3) is 0 Å². The van der Waals surface area contributed by atoms with E-state index in [1.54, 1.807) is 18.4 Å². The molecule has 0 aliphatic heterocycles. The van der Waals surface area contributed by atoms with Crippen molar-refractivity contribution in [3.63, 3.8) is 0 Å². The van der Waals surface area contributed by atoms with Crippen LogP contribution >= 0.6 is 22.9 Å². The first-order chi connectivity index (χ1) is 7.11. The average Bonchev–Trinajstić information content (AvgIpc) is 2.51. The predicted octanol–water partition coefficient (Wildman–Crippen LogP) is 1.84. The van der Waals surface area contributed by atoms with Gasteiger partial charge in [-0.2, -0.15) is 0 Å². The SMILES string of the molecule is COCC(O)CN(C)Cc1ccc(Cl)s1. The molecule has 0 aliphatic rings. The zero-order valence-corrected chi connectivity index (χ0v) is 10.5. The van der Waals surface area contributed by atoms with E-state index in [0.29, 0.717) is 13.2 Å². The van der Waals surface area contributed by atoms with Gasteiger partial charge in [-0.25, -0.2) is 0 Å². The van der Waals surface area contributed by atoms with E-state index in [1.807, 2.05) is 24.1 Å². The molecule has 15 heavy (non-hydrogen) atoms. The second-order valence-electron chi connectivity index (χ2n) is 3.51. The number of hydrogen-bond acceptors (Lipinski definition) is 4. The van der Waals surface area contributed by atoms with Gasteiger partial charge in [0.05, 0.1) is 17.0 Å². The summed E-state index contributed by atoms with van der Waals surface area (Å²) in [5, 5.41) is 9.51. The molecule has 0 amide bonds. The molecule has 1 aromatic rings. The summed E-state index contributed by atoms with van der Waals surface area (Å²) in [4.78, 5) is 3.25. The minimum atomic E-state index is -0.435. The molecular weight excluding hydrogens is 234 g/mol. The molecule has 0 aromatic carbocycles. The lowest BCUT2D eigenvalue weighted by molar-refractivity contribution is 0.0420. The number of ether oxygens (including phenoxy) is 1. The fraction of sp³-hybridized carbons (Fsp3) is 0.600. The molecule has 1 aromatic heterocycles. The Morgan fingerprint density at radius 2 is 2.33 bits per heavy atom. The Hall–Kier alpha value is -0.130. The first-order valence-electron chi connectivity index (χ1n) is 4.71. The average molecular weight is 250 g/mol. The van der Waals surface area contributed by atoms with Gasteiger partial charge in [-0.05, 0) is 19.2 Å². The minimum Gasteiger partial charge on any atom is -0.389 e. The van der Waals surface area contributed by atoms with Gasteiger partial charge >= 0.3 is 0 Å². The van der Waals surface area contributed by atoms with Crippen molar-refractivity contribution in [2.45, 2.75) is 12.6 Å². The maximum absolute atomic E-state index is 9.51. The van der Waals surface area contributed by atoms with Crippen molar-refractivity contribution in [1.82, 2.24) is 4.90 Å². The lowest BCUT2D eigenvalue weighted by Gasteiger charge is -2.19. The quantitative estimate of drug-likeness (QED) is 0.835. The second kappa shape index (κ2) is 6.45. The van der Waals surface area contributed by atoms with Crippen LogP contribution in [0.3, 0.4) is 0 Å². The summed E-state index contributed by atoms with van der Waals surface area (Å²) in [5.41, 5.74) is 0. The molecule has 1 atom stereocenters. The molecule has 0 spiro atoms. The number of likely N-dealkylation sites (N-methyl/N-ethyl adjacent to an activating group) is 1. The largest absolute Gasteiger partial charge is 0.389 e. The molecule has 1 unspecified atom stereocenters. The number of aliphatic hydroxyl groups is 1. The zero-order valence-electron chi connectivity index (χ0n) is 8.94. The molecule has 1 heterocycles. The fourth-order valence-electron chi connectivity index (χ4n) is 1.37. The van der Waals surface area contributed by atoms with E-state index >= 15 is 0 Å². The maximum atomic E-state index is 9.51. The molecular formula is C10H16ClNO2S. The molecule has 3 nitrogen and oxygen atoms in total. The van der Waals surface area contributed by atoms with Gasteiger partial charge < -0.3 is 9.84 Å². The van der Waals surface area contributed by atoms with Crippen molar-refractivity contribution in [1.29, 1.82) is 0 Å². The van der Waals surface area contributed by atoms with Gasteiger partial charge in [0.25, 0.3) is 0 Å². The third-order valence-corrected chi connectivity index (χ3v) is 3.15. The lowest BCUT2D eigenvalue weighted by Crippen LogP contribution is -2.31. The number of halogens is 1. The summed E-state index contributed by atoms with van der Waals surface area (Å²) >= 11 is 7.40. The van der Waals surface area contributed by atoms with Gasteiger partial charge in [0.15, 0.2) is 0 Å². The summed E-state index contributed by atoms with van der Waals surface area (Å²) in [6.45, 7) is 1.77. The molecule has 1 N–H and O–H groups in total. The Balaban J connectivity index is 2.32. The van der Waals surface area contributed by atoms with Crippen LogP contribution < -0.4 is 0 Å². The standard InChI is InChI=1S/C10H16ClNO2S/c1-12(5-8(13)7-14-2)6-9-3-4-10(11)15-9/h3-4,8,13H,5-7H2,1-2H3. The van der Waals surface area contributed by atoms with E-state index in [1.165, 1.54) is 4.88 Å². The van der Waals surface area contributed by atoms with Crippen LogP contribution in [0.15, 0.2) is 12.1 Å². The van der Waals surface area contributed by atoms with Crippen molar-refractivity contribution < 1.29 is 9.84 Å². The van der Waals surface area contributed by atoms with E-state index in [-0.39, 0.29) is 0 Å². The van der Waals surface area contributed by atoms with Crippen molar-refractivity contribution in [2.24, 2.45) is 0 Å². The molecule has 0 saturated carbocycles. The molecule has 0 radical (unpaired) electrons. The van der Waals surface area contributed by atoms with Crippen molar-refractivity contribution in [3.05, 3.63) is 21.3 Å². The van der Waals surface area contributed by atoms with Gasteiger partial charge in [0.1, 0.15) is 0 Å². The predicted molar refractivity (Wildman–Crippen MR) is 63.5 cm³/mol. The Labute approximate surface area is 99.2 Å². The number of methoxy groups -OCH3 is 1. The summed E-state index contributed by atoms with van der Waals surface area (Å²) in [6, 6.07) is 3.90. The van der Waals surface area contributed by atoms with E-state index in [0.717, 1.165) is 10.9 Å². The van der Waals surface area contributed by atoms with Crippen LogP contribution in [-0.2, 0) is 11.3 Å². The van der Waals surface area contributed by atoms with Crippen LogP contribution in [0, 0.1) is 0 Å². The Morgan fingerprint density at radius 3 is 2.87 bits per heavy atom. The van der Waals surface area contributed by atoms with Gasteiger partial charge in [-0.3, -0.25) is 4.90 Å². The third kappa shape index (κ3) is 4.95. The van der Waals surface area contributed by atoms with E-state index < -0.39 is 6.10 Å². The zero-order chi connectivity index (χ0) is 11.3. The van der Waals surface area contributed by atoms with E-state index in [4.69, 9.17) is 16.3 Å². The molecule has 0 saturated heterocycles. The maximum Gasteiger partial charge on any atom is 0.0931 e. The van der Waals surface area contributed by atoms with Crippen molar-refractivity contribution in [3.8, 4) is 0 Å². The smallest absolute Gasteiger partial charge is 0.0931 e. The lowest BCUT2D eigenvalue weighted by atomic mass is 10.3. The van der Waals surface area contributed by atoms with Crippen LogP contribution in [0.5, 0.6) is 0 Å². The molecule has 0 fully saturated rings. The normalized spacial score (nSPS) is 13.4. The first kappa shape index (κ1) is 12.9. The molecule has 86 valence electrons. The highest BCUT2D eigenvalue weighted by atomic mass is 35.5. The monoisotopic (exact) mass is 249 g/mol. The first-order valence-corrected chi connectivity index (χ1v) is 5.91. The van der Waals surface area contributed by atoms with Crippen LogP contribution in [0.4, 0.5) is 0 Å². The highest BCUT2D eigenvalue weighted by Crippen LogP contribution is 2.22. The highest BCUT2D eigenvalue weighted by Gasteiger charge is 2.09. The number of hydrogen-bond donors (Lipinski definition) is 1. The Morgan fingerprint density at radius 1 is 1.60 bits per heavy atom. The van der Waals surface area contributed by atoms with Crippen LogP contribution in [-0.4, -0.2) is 43.4 Å². The van der Waals surface area contributed by atoms with Crippen LogP contribution in [0.2, 0.25) is 4.34 Å². The summed E-state index contributed by atoms with van der Waals surface area (Å²) < 4.78 is 5.67. The Kier molecular flexibility index (Phi) is 5.56.